The van der Waals surface area contributed by atoms with Gasteiger partial charge in [0.2, 0.25) is 5.91 Å². The van der Waals surface area contributed by atoms with Crippen LogP contribution in [0.15, 0.2) is 90.2 Å². The minimum absolute atomic E-state index is 0.0931. The molecule has 0 aliphatic rings. The Hall–Kier alpha value is -4.66. The van der Waals surface area contributed by atoms with Crippen molar-refractivity contribution in [2.45, 2.75) is 38.6 Å². The van der Waals surface area contributed by atoms with Crippen molar-refractivity contribution in [2.75, 3.05) is 11.4 Å². The summed E-state index contributed by atoms with van der Waals surface area (Å²) in [6.07, 6.45) is 4.77. The summed E-state index contributed by atoms with van der Waals surface area (Å²) in [6.45, 7) is 6.46. The average molecular weight is 542 g/mol. The van der Waals surface area contributed by atoms with Gasteiger partial charge < -0.3 is 9.88 Å². The van der Waals surface area contributed by atoms with E-state index in [1.807, 2.05) is 12.1 Å². The molecule has 0 spiro atoms. The predicted octanol–water partition coefficient (Wildman–Crippen LogP) is 4.36. The second-order valence-corrected chi connectivity index (χ2v) is 10.6. The van der Waals surface area contributed by atoms with E-state index in [0.717, 1.165) is 17.2 Å². The van der Waals surface area contributed by atoms with Crippen molar-refractivity contribution in [3.8, 4) is 0 Å². The summed E-state index contributed by atoms with van der Waals surface area (Å²) in [6, 6.07) is 17.0. The summed E-state index contributed by atoms with van der Waals surface area (Å²) < 4.78 is 14.9. The monoisotopic (exact) mass is 541 g/mol. The molecule has 1 N–H and O–H groups in total. The van der Waals surface area contributed by atoms with E-state index >= 15 is 0 Å². The van der Waals surface area contributed by atoms with Gasteiger partial charge in [0.15, 0.2) is 0 Å². The maximum atomic E-state index is 14.0. The van der Waals surface area contributed by atoms with Gasteiger partial charge in [0.05, 0.1) is 6.33 Å². The highest BCUT2D eigenvalue weighted by Gasteiger charge is 2.34. The molecule has 0 bridgehead atoms. The first-order valence-corrected chi connectivity index (χ1v) is 12.9. The fraction of sp³-hybridized carbons (Fsp3) is 0.258. The Morgan fingerprint density at radius 1 is 1.05 bits per heavy atom. The number of carbonyl (C=O) groups is 2. The van der Waals surface area contributed by atoms with Gasteiger partial charge in [-0.3, -0.25) is 24.3 Å². The summed E-state index contributed by atoms with van der Waals surface area (Å²) in [4.78, 5) is 49.9. The Bertz CT molecular complexity index is 1550. The number of pyridine rings is 1. The molecule has 9 heteroatoms. The lowest BCUT2D eigenvalue weighted by molar-refractivity contribution is -0.122. The third-order valence-corrected chi connectivity index (χ3v) is 6.54. The van der Waals surface area contributed by atoms with E-state index in [4.69, 9.17) is 0 Å². The Labute approximate surface area is 232 Å². The minimum Gasteiger partial charge on any atom is -0.354 e. The fourth-order valence-electron chi connectivity index (χ4n) is 4.28. The second-order valence-electron chi connectivity index (χ2n) is 10.6. The topological polar surface area (TPSA) is 97.2 Å². The number of carbonyl (C=O) groups excluding carboxylic acids is 2. The lowest BCUT2D eigenvalue weighted by Gasteiger charge is -2.31. The van der Waals surface area contributed by atoms with Crippen LogP contribution in [0.1, 0.15) is 54.0 Å². The molecule has 2 aromatic carbocycles. The summed E-state index contributed by atoms with van der Waals surface area (Å²) in [7, 11) is 1.54. The van der Waals surface area contributed by atoms with Gasteiger partial charge in [-0.15, -0.1) is 0 Å². The van der Waals surface area contributed by atoms with Crippen LogP contribution >= 0.6 is 0 Å². The molecule has 1 unspecified atom stereocenters. The Morgan fingerprint density at radius 3 is 2.42 bits per heavy atom. The van der Waals surface area contributed by atoms with Crippen LogP contribution in [0.25, 0.3) is 0 Å². The summed E-state index contributed by atoms with van der Waals surface area (Å²) in [5.41, 5.74) is 2.08. The lowest BCUT2D eigenvalue weighted by atomic mass is 9.87. The molecule has 206 valence electrons. The molecule has 0 fully saturated rings. The van der Waals surface area contributed by atoms with Crippen LogP contribution in [0.4, 0.5) is 10.1 Å². The number of hydrogen-bond acceptors (Lipinski definition) is 5. The number of hydrogen-bond donors (Lipinski definition) is 1. The zero-order chi connectivity index (χ0) is 28.9. The second kappa shape index (κ2) is 12.0. The highest BCUT2D eigenvalue weighted by atomic mass is 19.1. The van der Waals surface area contributed by atoms with Crippen molar-refractivity contribution in [2.24, 2.45) is 7.05 Å². The summed E-state index contributed by atoms with van der Waals surface area (Å²) in [5, 5.41) is 2.89. The molecule has 2 heterocycles. The summed E-state index contributed by atoms with van der Waals surface area (Å²) in [5.74, 6) is -1.43. The zero-order valence-electron chi connectivity index (χ0n) is 23.0. The molecule has 4 rings (SSSR count). The molecule has 4 aromatic rings. The van der Waals surface area contributed by atoms with E-state index in [1.165, 1.54) is 41.2 Å². The molecule has 8 nitrogen and oxygen atoms in total. The fourth-order valence-corrected chi connectivity index (χ4v) is 4.28. The zero-order valence-corrected chi connectivity index (χ0v) is 23.0. The van der Waals surface area contributed by atoms with E-state index in [-0.39, 0.29) is 23.5 Å². The van der Waals surface area contributed by atoms with Gasteiger partial charge in [0.1, 0.15) is 17.6 Å². The molecule has 2 amide bonds. The predicted molar refractivity (Wildman–Crippen MR) is 152 cm³/mol. The number of anilines is 1. The lowest BCUT2D eigenvalue weighted by Crippen LogP contribution is -2.45. The van der Waals surface area contributed by atoms with Crippen molar-refractivity contribution in [3.63, 3.8) is 0 Å². The Morgan fingerprint density at radius 2 is 1.80 bits per heavy atom. The van der Waals surface area contributed by atoms with Gasteiger partial charge in [0, 0.05) is 43.3 Å². The van der Waals surface area contributed by atoms with Crippen molar-refractivity contribution < 1.29 is 14.0 Å². The van der Waals surface area contributed by atoms with Crippen LogP contribution in [0.2, 0.25) is 0 Å². The number of rotatable bonds is 8. The number of aromatic nitrogens is 3. The average Bonchev–Trinajstić information content (AvgIpc) is 2.93. The van der Waals surface area contributed by atoms with Crippen molar-refractivity contribution in [1.82, 2.24) is 19.9 Å². The van der Waals surface area contributed by atoms with Gasteiger partial charge in [-0.25, -0.2) is 9.37 Å². The smallest absolute Gasteiger partial charge is 0.278 e. The van der Waals surface area contributed by atoms with Crippen molar-refractivity contribution in [1.29, 1.82) is 0 Å². The van der Waals surface area contributed by atoms with E-state index < -0.39 is 23.4 Å². The molecule has 0 aliphatic heterocycles. The maximum absolute atomic E-state index is 14.0. The van der Waals surface area contributed by atoms with Crippen LogP contribution in [-0.2, 0) is 23.7 Å². The standard InChI is InChI=1S/C31H32FN5O3/c1-31(2,3)23-10-12-25(13-11-23)37(30(40)26-18-27(38)36(4)20-35-26)28(22-8-6-15-33-19-22)29(39)34-16-14-21-7-5-9-24(32)17-21/h5-13,15,17-20,28H,14,16H2,1-4H3,(H,34,39). The third kappa shape index (κ3) is 6.66. The van der Waals surface area contributed by atoms with E-state index in [0.29, 0.717) is 17.7 Å². The number of benzene rings is 2. The van der Waals surface area contributed by atoms with Gasteiger partial charge in [-0.2, -0.15) is 0 Å². The number of aryl methyl sites for hydroxylation is 1. The first-order chi connectivity index (χ1) is 19.0. The molecular weight excluding hydrogens is 509 g/mol. The number of amides is 2. The highest BCUT2D eigenvalue weighted by molar-refractivity contribution is 6.09. The van der Waals surface area contributed by atoms with Crippen LogP contribution in [0, 0.1) is 5.82 Å². The number of nitrogens with one attached hydrogen (secondary N) is 1. The van der Waals surface area contributed by atoms with Crippen molar-refractivity contribution >= 4 is 17.5 Å². The van der Waals surface area contributed by atoms with Gasteiger partial charge >= 0.3 is 0 Å². The van der Waals surface area contributed by atoms with Crippen molar-refractivity contribution in [3.05, 3.63) is 124 Å². The quantitative estimate of drug-likeness (QED) is 0.358. The van der Waals surface area contributed by atoms with E-state index in [1.54, 1.807) is 42.6 Å². The first-order valence-electron chi connectivity index (χ1n) is 12.9. The SMILES string of the molecule is Cn1cnc(C(=O)N(c2ccc(C(C)(C)C)cc2)C(C(=O)NCCc2cccc(F)c2)c2cccnc2)cc1=O. The molecule has 0 saturated heterocycles. The first kappa shape index (κ1) is 28.4. The van der Waals surface area contributed by atoms with Crippen LogP contribution in [-0.4, -0.2) is 32.9 Å². The highest BCUT2D eigenvalue weighted by Crippen LogP contribution is 2.31. The van der Waals surface area contributed by atoms with Crippen LogP contribution < -0.4 is 15.8 Å². The van der Waals surface area contributed by atoms with E-state index in [9.17, 15) is 18.8 Å². The third-order valence-electron chi connectivity index (χ3n) is 6.54. The van der Waals surface area contributed by atoms with Crippen LogP contribution in [0.3, 0.4) is 0 Å². The normalized spacial score (nSPS) is 12.0. The molecule has 0 radical (unpaired) electrons. The minimum atomic E-state index is -1.12. The maximum Gasteiger partial charge on any atom is 0.278 e. The van der Waals surface area contributed by atoms with E-state index in [2.05, 4.69) is 36.1 Å². The molecule has 40 heavy (non-hydrogen) atoms. The van der Waals surface area contributed by atoms with Gasteiger partial charge in [-0.05, 0) is 53.3 Å². The molecule has 0 aliphatic carbocycles. The summed E-state index contributed by atoms with van der Waals surface area (Å²) >= 11 is 0. The molecule has 2 aromatic heterocycles. The molecular formula is C31H32FN5O3. The van der Waals surface area contributed by atoms with Gasteiger partial charge in [-0.1, -0.05) is 51.1 Å². The van der Waals surface area contributed by atoms with Crippen LogP contribution in [0.5, 0.6) is 0 Å². The molecule has 1 atom stereocenters. The number of halogens is 1. The Balaban J connectivity index is 1.75. The largest absolute Gasteiger partial charge is 0.354 e. The van der Waals surface area contributed by atoms with Gasteiger partial charge in [0.25, 0.3) is 11.5 Å². The Kier molecular flexibility index (Phi) is 8.52. The molecule has 0 saturated carbocycles. The number of nitrogens with zero attached hydrogens (tertiary/aromatic N) is 4.